The van der Waals surface area contributed by atoms with Gasteiger partial charge in [-0.1, -0.05) is 13.3 Å². The molecule has 1 aromatic rings. The van der Waals surface area contributed by atoms with Crippen molar-refractivity contribution in [2.24, 2.45) is 13.0 Å². The Labute approximate surface area is 117 Å². The zero-order valence-corrected chi connectivity index (χ0v) is 12.8. The van der Waals surface area contributed by atoms with Crippen LogP contribution in [-0.4, -0.2) is 41.4 Å². The number of aryl methyl sites for hydroxylation is 1. The Hall–Kier alpha value is -0.870. The summed E-state index contributed by atoms with van der Waals surface area (Å²) in [5.41, 5.74) is 2.72. The van der Waals surface area contributed by atoms with Crippen LogP contribution in [0.4, 0.5) is 0 Å². The quantitative estimate of drug-likeness (QED) is 0.904. The van der Waals surface area contributed by atoms with Crippen molar-refractivity contribution in [3.63, 3.8) is 0 Å². The van der Waals surface area contributed by atoms with E-state index in [1.165, 1.54) is 37.1 Å². The molecule has 2 heterocycles. The summed E-state index contributed by atoms with van der Waals surface area (Å²) in [7, 11) is 4.30. The Balaban J connectivity index is 2.25. The van der Waals surface area contributed by atoms with Crippen molar-refractivity contribution in [2.45, 2.75) is 39.2 Å². The first-order valence-corrected chi connectivity index (χ1v) is 7.54. The molecule has 0 aromatic carbocycles. The average Bonchev–Trinajstić information content (AvgIpc) is 2.62. The molecule has 4 nitrogen and oxygen atoms in total. The third-order valence-corrected chi connectivity index (χ3v) is 4.51. The van der Waals surface area contributed by atoms with E-state index in [0.717, 1.165) is 13.1 Å². The summed E-state index contributed by atoms with van der Waals surface area (Å²) in [6.45, 7) is 7.73. The van der Waals surface area contributed by atoms with Crippen LogP contribution in [0.5, 0.6) is 0 Å². The number of likely N-dealkylation sites (tertiary alicyclic amines) is 1. The standard InChI is InChI=1S/C15H28N4/c1-5-16-10-13-8-6-7-9-18(3)15(13)14-11-17-19(4)12(14)2/h11,13,15-16H,5-10H2,1-4H3. The number of nitrogens with zero attached hydrogens (tertiary/aromatic N) is 3. The third kappa shape index (κ3) is 3.18. The number of aromatic nitrogens is 2. The SMILES string of the molecule is CCNCC1CCCCN(C)C1c1cnn(C)c1C. The van der Waals surface area contributed by atoms with Crippen LogP contribution < -0.4 is 5.32 Å². The lowest BCUT2D eigenvalue weighted by molar-refractivity contribution is 0.189. The highest BCUT2D eigenvalue weighted by Crippen LogP contribution is 2.35. The van der Waals surface area contributed by atoms with Crippen molar-refractivity contribution < 1.29 is 0 Å². The van der Waals surface area contributed by atoms with Gasteiger partial charge in [-0.15, -0.1) is 0 Å². The summed E-state index contributed by atoms with van der Waals surface area (Å²) in [6.07, 6.45) is 6.04. The Morgan fingerprint density at radius 2 is 2.16 bits per heavy atom. The third-order valence-electron chi connectivity index (χ3n) is 4.51. The van der Waals surface area contributed by atoms with Crippen molar-refractivity contribution >= 4 is 0 Å². The zero-order valence-electron chi connectivity index (χ0n) is 12.8. The van der Waals surface area contributed by atoms with Gasteiger partial charge < -0.3 is 5.32 Å². The first-order valence-electron chi connectivity index (χ1n) is 7.54. The zero-order chi connectivity index (χ0) is 13.8. The fourth-order valence-corrected chi connectivity index (χ4v) is 3.27. The number of nitrogens with one attached hydrogen (secondary N) is 1. The summed E-state index contributed by atoms with van der Waals surface area (Å²) >= 11 is 0. The topological polar surface area (TPSA) is 33.1 Å². The average molecular weight is 264 g/mol. The van der Waals surface area contributed by atoms with Crippen LogP contribution >= 0.6 is 0 Å². The van der Waals surface area contributed by atoms with Crippen molar-refractivity contribution in [2.75, 3.05) is 26.7 Å². The maximum atomic E-state index is 4.44. The Bertz CT molecular complexity index is 399. The minimum Gasteiger partial charge on any atom is -0.317 e. The molecule has 0 spiro atoms. The van der Waals surface area contributed by atoms with Crippen LogP contribution in [0.15, 0.2) is 6.20 Å². The lowest BCUT2D eigenvalue weighted by atomic mass is 9.89. The highest BCUT2D eigenvalue weighted by Gasteiger charge is 2.30. The smallest absolute Gasteiger partial charge is 0.0540 e. The second-order valence-electron chi connectivity index (χ2n) is 5.80. The molecule has 0 aliphatic carbocycles. The summed E-state index contributed by atoms with van der Waals surface area (Å²) in [6, 6.07) is 0.509. The van der Waals surface area contributed by atoms with Crippen LogP contribution in [0.3, 0.4) is 0 Å². The molecule has 19 heavy (non-hydrogen) atoms. The largest absolute Gasteiger partial charge is 0.317 e. The molecule has 1 N–H and O–H groups in total. The molecule has 1 fully saturated rings. The molecular formula is C15H28N4. The molecule has 2 unspecified atom stereocenters. The Morgan fingerprint density at radius 3 is 2.79 bits per heavy atom. The molecule has 4 heteroatoms. The minimum atomic E-state index is 0.509. The number of rotatable bonds is 4. The van der Waals surface area contributed by atoms with Crippen molar-refractivity contribution in [1.82, 2.24) is 20.0 Å². The first-order chi connectivity index (χ1) is 9.15. The van der Waals surface area contributed by atoms with Gasteiger partial charge in [0, 0.05) is 24.3 Å². The van der Waals surface area contributed by atoms with Gasteiger partial charge in [-0.2, -0.15) is 5.10 Å². The molecule has 108 valence electrons. The summed E-state index contributed by atoms with van der Waals surface area (Å²) < 4.78 is 2.00. The summed E-state index contributed by atoms with van der Waals surface area (Å²) in [4.78, 5) is 2.53. The van der Waals surface area contributed by atoms with Crippen LogP contribution in [0, 0.1) is 12.8 Å². The lowest BCUT2D eigenvalue weighted by Gasteiger charge is -2.32. The molecule has 1 aromatic heterocycles. The van der Waals surface area contributed by atoms with E-state index in [1.807, 2.05) is 11.7 Å². The number of hydrogen-bond donors (Lipinski definition) is 1. The predicted octanol–water partition coefficient (Wildman–Crippen LogP) is 2.11. The summed E-state index contributed by atoms with van der Waals surface area (Å²) in [5, 5.41) is 7.98. The van der Waals surface area contributed by atoms with E-state index in [4.69, 9.17) is 0 Å². The van der Waals surface area contributed by atoms with Crippen LogP contribution in [0.1, 0.15) is 43.5 Å². The van der Waals surface area contributed by atoms with Crippen molar-refractivity contribution in [3.8, 4) is 0 Å². The van der Waals surface area contributed by atoms with E-state index in [2.05, 4.69) is 42.4 Å². The van der Waals surface area contributed by atoms with Gasteiger partial charge in [0.25, 0.3) is 0 Å². The fourth-order valence-electron chi connectivity index (χ4n) is 3.27. The van der Waals surface area contributed by atoms with Crippen LogP contribution in [0.2, 0.25) is 0 Å². The minimum absolute atomic E-state index is 0.509. The number of hydrogen-bond acceptors (Lipinski definition) is 3. The van der Waals surface area contributed by atoms with Gasteiger partial charge in [0.2, 0.25) is 0 Å². The maximum absolute atomic E-state index is 4.44. The molecule has 0 radical (unpaired) electrons. The maximum Gasteiger partial charge on any atom is 0.0540 e. The van der Waals surface area contributed by atoms with Crippen LogP contribution in [0.25, 0.3) is 0 Å². The van der Waals surface area contributed by atoms with Gasteiger partial charge in [0.05, 0.1) is 6.20 Å². The van der Waals surface area contributed by atoms with E-state index in [0.29, 0.717) is 12.0 Å². The molecular weight excluding hydrogens is 236 g/mol. The van der Waals surface area contributed by atoms with E-state index < -0.39 is 0 Å². The van der Waals surface area contributed by atoms with E-state index >= 15 is 0 Å². The fraction of sp³-hybridized carbons (Fsp3) is 0.800. The van der Waals surface area contributed by atoms with Crippen molar-refractivity contribution in [1.29, 1.82) is 0 Å². The van der Waals surface area contributed by atoms with Gasteiger partial charge in [-0.05, 0) is 52.4 Å². The second-order valence-corrected chi connectivity index (χ2v) is 5.80. The second kappa shape index (κ2) is 6.53. The molecule has 2 atom stereocenters. The van der Waals surface area contributed by atoms with Gasteiger partial charge in [-0.25, -0.2) is 0 Å². The molecule has 0 bridgehead atoms. The van der Waals surface area contributed by atoms with E-state index in [-0.39, 0.29) is 0 Å². The van der Waals surface area contributed by atoms with E-state index in [1.54, 1.807) is 0 Å². The molecule has 1 aliphatic rings. The van der Waals surface area contributed by atoms with Gasteiger partial charge in [0.1, 0.15) is 0 Å². The normalized spacial score (nSPS) is 25.5. The highest BCUT2D eigenvalue weighted by atomic mass is 15.3. The van der Waals surface area contributed by atoms with Gasteiger partial charge in [-0.3, -0.25) is 9.58 Å². The molecule has 0 saturated carbocycles. The predicted molar refractivity (Wildman–Crippen MR) is 79.2 cm³/mol. The van der Waals surface area contributed by atoms with E-state index in [9.17, 15) is 0 Å². The van der Waals surface area contributed by atoms with Crippen molar-refractivity contribution in [3.05, 3.63) is 17.5 Å². The van der Waals surface area contributed by atoms with Gasteiger partial charge in [0.15, 0.2) is 0 Å². The van der Waals surface area contributed by atoms with Gasteiger partial charge >= 0.3 is 0 Å². The molecule has 0 amide bonds. The lowest BCUT2D eigenvalue weighted by Crippen LogP contribution is -2.35. The monoisotopic (exact) mass is 264 g/mol. The van der Waals surface area contributed by atoms with Crippen LogP contribution in [-0.2, 0) is 7.05 Å². The first kappa shape index (κ1) is 14.5. The Kier molecular flexibility index (Phi) is 4.99. The molecule has 2 rings (SSSR count). The highest BCUT2D eigenvalue weighted by molar-refractivity contribution is 5.22. The molecule has 1 aliphatic heterocycles. The molecule has 1 saturated heterocycles. The Morgan fingerprint density at radius 1 is 1.37 bits per heavy atom. The summed E-state index contributed by atoms with van der Waals surface area (Å²) in [5.74, 6) is 0.690.